The van der Waals surface area contributed by atoms with E-state index in [0.29, 0.717) is 47.4 Å². The molecule has 174 valence electrons. The van der Waals surface area contributed by atoms with Gasteiger partial charge in [-0.15, -0.1) is 0 Å². The fourth-order valence-electron chi connectivity index (χ4n) is 2.97. The lowest BCUT2D eigenvalue weighted by Crippen LogP contribution is -2.33. The Labute approximate surface area is 196 Å². The number of aliphatic hydroxyl groups is 1. The summed E-state index contributed by atoms with van der Waals surface area (Å²) in [6.45, 7) is 1.37. The average Bonchev–Trinajstić information content (AvgIpc) is 2.80. The molecule has 2 aromatic heterocycles. The lowest BCUT2D eigenvalue weighted by molar-refractivity contribution is 0.0954. The van der Waals surface area contributed by atoms with Gasteiger partial charge in [0.1, 0.15) is 5.82 Å². The molecule has 2 heterocycles. The van der Waals surface area contributed by atoms with Crippen LogP contribution in [0.3, 0.4) is 0 Å². The molecule has 0 atom stereocenters. The normalized spacial score (nSPS) is 10.7. The first-order valence-electron chi connectivity index (χ1n) is 10.2. The van der Waals surface area contributed by atoms with Crippen molar-refractivity contribution in [2.45, 2.75) is 0 Å². The molecular weight excluding hydrogens is 449 g/mol. The van der Waals surface area contributed by atoms with Gasteiger partial charge in [0.05, 0.1) is 35.3 Å². The third-order valence-electron chi connectivity index (χ3n) is 4.62. The number of hydrogen-bond acceptors (Lipinski definition) is 8. The van der Waals surface area contributed by atoms with Gasteiger partial charge in [-0.1, -0.05) is 11.6 Å². The van der Waals surface area contributed by atoms with Crippen molar-refractivity contribution < 1.29 is 14.3 Å². The van der Waals surface area contributed by atoms with Crippen molar-refractivity contribution in [1.82, 2.24) is 25.6 Å². The van der Waals surface area contributed by atoms with Crippen molar-refractivity contribution in [3.05, 3.63) is 59.3 Å². The smallest absolute Gasteiger partial charge is 0.255 e. The fourth-order valence-corrected chi connectivity index (χ4v) is 3.14. The number of aliphatic hydroxyl groups excluding tert-OH is 1. The highest BCUT2D eigenvalue weighted by Crippen LogP contribution is 2.30. The second-order valence-corrected chi connectivity index (χ2v) is 7.66. The van der Waals surface area contributed by atoms with Crippen molar-refractivity contribution in [3.63, 3.8) is 0 Å². The van der Waals surface area contributed by atoms with Gasteiger partial charge in [-0.2, -0.15) is 0 Å². The Morgan fingerprint density at radius 3 is 2.76 bits per heavy atom. The summed E-state index contributed by atoms with van der Waals surface area (Å²) in [6, 6.07) is 5.82. The van der Waals surface area contributed by atoms with E-state index in [-0.39, 0.29) is 23.9 Å². The zero-order chi connectivity index (χ0) is 23.8. The molecule has 0 fully saturated rings. The average molecular weight is 474 g/mol. The maximum atomic E-state index is 14.4. The Kier molecular flexibility index (Phi) is 8.47. The standard InChI is InChI=1S/C22H25ClFN7O2/c1-31(2)19-13-28-20(15-11-14(23)3-4-17(15)24)30-21(19)29-18-5-6-26-12-16(18)22(33)27-8-7-25-9-10-32/h3-6,11-13,25,32H,7-10H2,1-2H3,(H,27,33)(H,26,28,29,30). The molecule has 0 aliphatic carbocycles. The number of carbonyl (C=O) groups is 1. The Bertz CT molecular complexity index is 1110. The fraction of sp³-hybridized carbons (Fsp3) is 0.273. The first-order chi connectivity index (χ1) is 15.9. The molecule has 9 nitrogen and oxygen atoms in total. The van der Waals surface area contributed by atoms with E-state index in [1.165, 1.54) is 24.4 Å². The van der Waals surface area contributed by atoms with Gasteiger partial charge in [0.2, 0.25) is 0 Å². The van der Waals surface area contributed by atoms with Crippen molar-refractivity contribution >= 4 is 34.7 Å². The van der Waals surface area contributed by atoms with Gasteiger partial charge in [0.15, 0.2) is 11.6 Å². The Balaban J connectivity index is 1.89. The highest BCUT2D eigenvalue weighted by atomic mass is 35.5. The van der Waals surface area contributed by atoms with Crippen LogP contribution in [0.2, 0.25) is 5.02 Å². The van der Waals surface area contributed by atoms with Crippen molar-refractivity contribution in [3.8, 4) is 11.4 Å². The molecule has 1 amide bonds. The summed E-state index contributed by atoms with van der Waals surface area (Å²) in [5.74, 6) is -0.285. The number of benzene rings is 1. The second-order valence-electron chi connectivity index (χ2n) is 7.22. The lowest BCUT2D eigenvalue weighted by Gasteiger charge is -2.19. The summed E-state index contributed by atoms with van der Waals surface area (Å²) >= 11 is 6.03. The quantitative estimate of drug-likeness (QED) is 0.332. The van der Waals surface area contributed by atoms with Crippen LogP contribution in [0.5, 0.6) is 0 Å². The van der Waals surface area contributed by atoms with E-state index in [1.807, 2.05) is 14.1 Å². The molecule has 3 rings (SSSR count). The third-order valence-corrected chi connectivity index (χ3v) is 4.85. The summed E-state index contributed by atoms with van der Waals surface area (Å²) in [6.07, 6.45) is 4.57. The van der Waals surface area contributed by atoms with Crippen LogP contribution in [-0.4, -0.2) is 66.3 Å². The monoisotopic (exact) mass is 473 g/mol. The lowest BCUT2D eigenvalue weighted by atomic mass is 10.2. The maximum absolute atomic E-state index is 14.4. The molecule has 3 aromatic rings. The minimum absolute atomic E-state index is 0.0266. The van der Waals surface area contributed by atoms with Gasteiger partial charge in [-0.05, 0) is 24.3 Å². The van der Waals surface area contributed by atoms with Crippen LogP contribution in [-0.2, 0) is 0 Å². The molecule has 0 radical (unpaired) electrons. The van der Waals surface area contributed by atoms with Gasteiger partial charge in [-0.3, -0.25) is 9.78 Å². The zero-order valence-corrected chi connectivity index (χ0v) is 19.0. The highest BCUT2D eigenvalue weighted by molar-refractivity contribution is 6.30. The SMILES string of the molecule is CN(C)c1cnc(-c2cc(Cl)ccc2F)nc1Nc1ccncc1C(=O)NCCNCCO. The first-order valence-corrected chi connectivity index (χ1v) is 10.6. The number of aromatic nitrogens is 3. The van der Waals surface area contributed by atoms with E-state index >= 15 is 0 Å². The molecule has 11 heteroatoms. The number of halogens is 2. The van der Waals surface area contributed by atoms with Gasteiger partial charge in [0, 0.05) is 51.1 Å². The number of nitrogens with zero attached hydrogens (tertiary/aromatic N) is 4. The van der Waals surface area contributed by atoms with Gasteiger partial charge in [-0.25, -0.2) is 14.4 Å². The molecule has 0 bridgehead atoms. The van der Waals surface area contributed by atoms with Crippen LogP contribution >= 0.6 is 11.6 Å². The number of amides is 1. The van der Waals surface area contributed by atoms with Crippen molar-refractivity contribution in [1.29, 1.82) is 0 Å². The molecule has 0 aliphatic heterocycles. The predicted octanol–water partition coefficient (Wildman–Crippen LogP) is 2.45. The summed E-state index contributed by atoms with van der Waals surface area (Å²) in [5, 5.41) is 18.1. The van der Waals surface area contributed by atoms with E-state index in [1.54, 1.807) is 23.4 Å². The topological polar surface area (TPSA) is 115 Å². The molecule has 0 saturated carbocycles. The van der Waals surface area contributed by atoms with Crippen molar-refractivity contribution in [2.24, 2.45) is 0 Å². The minimum Gasteiger partial charge on any atom is -0.395 e. The van der Waals surface area contributed by atoms with Gasteiger partial charge in [0.25, 0.3) is 5.91 Å². The summed E-state index contributed by atoms with van der Waals surface area (Å²) in [7, 11) is 3.64. The van der Waals surface area contributed by atoms with Crippen LogP contribution in [0.1, 0.15) is 10.4 Å². The Hall–Kier alpha value is -3.34. The van der Waals surface area contributed by atoms with E-state index < -0.39 is 5.82 Å². The van der Waals surface area contributed by atoms with Crippen LogP contribution < -0.4 is 20.9 Å². The molecule has 4 N–H and O–H groups in total. The number of rotatable bonds is 10. The zero-order valence-electron chi connectivity index (χ0n) is 18.3. The van der Waals surface area contributed by atoms with E-state index in [4.69, 9.17) is 16.7 Å². The summed E-state index contributed by atoms with van der Waals surface area (Å²) in [4.78, 5) is 27.4. The van der Waals surface area contributed by atoms with Crippen LogP contribution in [0, 0.1) is 5.82 Å². The van der Waals surface area contributed by atoms with Gasteiger partial charge >= 0.3 is 0 Å². The summed E-state index contributed by atoms with van der Waals surface area (Å²) in [5.41, 5.74) is 1.60. The largest absolute Gasteiger partial charge is 0.395 e. The van der Waals surface area contributed by atoms with E-state index in [0.717, 1.165) is 0 Å². The minimum atomic E-state index is -0.498. The predicted molar refractivity (Wildman–Crippen MR) is 127 cm³/mol. The van der Waals surface area contributed by atoms with Crippen molar-refractivity contribution in [2.75, 3.05) is 50.6 Å². The maximum Gasteiger partial charge on any atom is 0.255 e. The number of pyridine rings is 1. The summed E-state index contributed by atoms with van der Waals surface area (Å²) < 4.78 is 14.4. The molecule has 0 unspecified atom stereocenters. The van der Waals surface area contributed by atoms with E-state index in [2.05, 4.69) is 30.9 Å². The molecule has 33 heavy (non-hydrogen) atoms. The van der Waals surface area contributed by atoms with Gasteiger partial charge < -0.3 is 26.0 Å². The number of nitrogens with one attached hydrogen (secondary N) is 3. The number of hydrogen-bond donors (Lipinski definition) is 4. The van der Waals surface area contributed by atoms with Crippen LogP contribution in [0.4, 0.5) is 21.6 Å². The molecule has 1 aromatic carbocycles. The highest BCUT2D eigenvalue weighted by Gasteiger charge is 2.17. The molecule has 0 aliphatic rings. The molecular formula is C22H25ClFN7O2. The Morgan fingerprint density at radius 1 is 1.18 bits per heavy atom. The number of anilines is 3. The second kappa shape index (κ2) is 11.5. The van der Waals surface area contributed by atoms with Crippen LogP contribution in [0.25, 0.3) is 11.4 Å². The first kappa shape index (κ1) is 24.3. The number of carbonyl (C=O) groups excluding carboxylic acids is 1. The Morgan fingerprint density at radius 2 is 2.00 bits per heavy atom. The molecule has 0 saturated heterocycles. The third kappa shape index (κ3) is 6.35. The molecule has 0 spiro atoms. The van der Waals surface area contributed by atoms with Crippen LogP contribution in [0.15, 0.2) is 42.9 Å². The van der Waals surface area contributed by atoms with E-state index in [9.17, 15) is 9.18 Å².